The molecule has 1 saturated heterocycles. The minimum Gasteiger partial charge on any atom is -0.370 e. The first-order chi connectivity index (χ1) is 4.91. The summed E-state index contributed by atoms with van der Waals surface area (Å²) in [5, 5.41) is 0. The first kappa shape index (κ1) is 6.66. The zero-order valence-electron chi connectivity index (χ0n) is 6.57. The van der Waals surface area contributed by atoms with E-state index in [9.17, 15) is 0 Å². The van der Waals surface area contributed by atoms with Crippen LogP contribution in [0.1, 0.15) is 44.9 Å². The number of ether oxygens (including phenoxy) is 1. The zero-order valence-corrected chi connectivity index (χ0v) is 6.57. The Bertz CT molecular complexity index is 106. The van der Waals surface area contributed by atoms with Crippen LogP contribution in [-0.2, 0) is 4.74 Å². The quantitative estimate of drug-likeness (QED) is 0.471. The highest BCUT2D eigenvalue weighted by Gasteiger charge is 2.43. The second-order valence-electron chi connectivity index (χ2n) is 3.74. The van der Waals surface area contributed by atoms with E-state index in [1.807, 2.05) is 0 Å². The van der Waals surface area contributed by atoms with E-state index in [0.29, 0.717) is 5.60 Å². The van der Waals surface area contributed by atoms with Gasteiger partial charge in [0, 0.05) is 0 Å². The lowest BCUT2D eigenvalue weighted by atomic mass is 9.92. The Balaban J connectivity index is 1.84. The van der Waals surface area contributed by atoms with Crippen molar-refractivity contribution < 1.29 is 4.74 Å². The van der Waals surface area contributed by atoms with Gasteiger partial charge in [-0.3, -0.25) is 0 Å². The Morgan fingerprint density at radius 3 is 1.80 bits per heavy atom. The van der Waals surface area contributed by atoms with Gasteiger partial charge in [-0.25, -0.2) is 0 Å². The molecule has 10 heavy (non-hydrogen) atoms. The van der Waals surface area contributed by atoms with Crippen LogP contribution in [0.25, 0.3) is 0 Å². The molecule has 1 aliphatic carbocycles. The molecule has 1 heterocycles. The fourth-order valence-electron chi connectivity index (χ4n) is 1.94. The van der Waals surface area contributed by atoms with Gasteiger partial charge in [0.05, 0.1) is 12.2 Å². The van der Waals surface area contributed by atoms with E-state index in [4.69, 9.17) is 4.74 Å². The lowest BCUT2D eigenvalue weighted by Gasteiger charge is -2.14. The van der Waals surface area contributed by atoms with Crippen molar-refractivity contribution in [2.45, 2.75) is 50.5 Å². The molecule has 0 aromatic heterocycles. The summed E-state index contributed by atoms with van der Waals surface area (Å²) < 4.78 is 5.47. The van der Waals surface area contributed by atoms with Crippen molar-refractivity contribution in [3.8, 4) is 0 Å². The first-order valence-corrected chi connectivity index (χ1v) is 4.55. The number of hydrogen-bond acceptors (Lipinski definition) is 1. The molecule has 2 fully saturated rings. The molecule has 0 N–H and O–H groups in total. The molecule has 2 rings (SSSR count). The van der Waals surface area contributed by atoms with E-state index in [-0.39, 0.29) is 0 Å². The number of rotatable bonds is 0. The van der Waals surface area contributed by atoms with E-state index >= 15 is 0 Å². The van der Waals surface area contributed by atoms with Crippen molar-refractivity contribution in [1.82, 2.24) is 0 Å². The molecule has 1 nitrogen and oxygen atoms in total. The van der Waals surface area contributed by atoms with Gasteiger partial charge in [0.2, 0.25) is 0 Å². The van der Waals surface area contributed by atoms with Crippen LogP contribution in [0.4, 0.5) is 0 Å². The summed E-state index contributed by atoms with van der Waals surface area (Å²) in [5.41, 5.74) is 0.403. The summed E-state index contributed by atoms with van der Waals surface area (Å²) in [4.78, 5) is 0. The smallest absolute Gasteiger partial charge is 0.0916 e. The molecule has 0 atom stereocenters. The zero-order chi connectivity index (χ0) is 6.86. The fraction of sp³-hybridized carbons (Fsp3) is 1.00. The maximum absolute atomic E-state index is 5.47. The topological polar surface area (TPSA) is 12.5 Å². The second-order valence-corrected chi connectivity index (χ2v) is 3.74. The summed E-state index contributed by atoms with van der Waals surface area (Å²) in [6.45, 7) is 1.06. The Hall–Kier alpha value is -0.0400. The molecule has 0 unspecified atom stereocenters. The molecule has 2 aliphatic rings. The summed E-state index contributed by atoms with van der Waals surface area (Å²) in [6, 6.07) is 0. The standard InChI is InChI=1S/C9H16O/c1-2-4-6-9(8-10-9)7-5-3-1/h1-8H2. The van der Waals surface area contributed by atoms with Crippen molar-refractivity contribution in [2.24, 2.45) is 0 Å². The minimum absolute atomic E-state index is 0.403. The maximum Gasteiger partial charge on any atom is 0.0916 e. The Labute approximate surface area is 62.8 Å². The van der Waals surface area contributed by atoms with Crippen molar-refractivity contribution in [2.75, 3.05) is 6.61 Å². The lowest BCUT2D eigenvalue weighted by Crippen LogP contribution is -2.12. The summed E-state index contributed by atoms with van der Waals surface area (Å²) in [7, 11) is 0. The summed E-state index contributed by atoms with van der Waals surface area (Å²) in [5.74, 6) is 0. The molecular formula is C9H16O. The third-order valence-electron chi connectivity index (χ3n) is 2.82. The van der Waals surface area contributed by atoms with E-state index in [1.54, 1.807) is 0 Å². The van der Waals surface area contributed by atoms with Crippen molar-refractivity contribution in [3.63, 3.8) is 0 Å². The molecule has 1 saturated carbocycles. The van der Waals surface area contributed by atoms with E-state index in [2.05, 4.69) is 0 Å². The van der Waals surface area contributed by atoms with E-state index in [1.165, 1.54) is 44.9 Å². The number of hydrogen-bond donors (Lipinski definition) is 0. The lowest BCUT2D eigenvalue weighted by molar-refractivity contribution is 0.251. The van der Waals surface area contributed by atoms with Gasteiger partial charge in [-0.05, 0) is 12.8 Å². The Kier molecular flexibility index (Phi) is 1.69. The fourth-order valence-corrected chi connectivity index (χ4v) is 1.94. The third-order valence-corrected chi connectivity index (χ3v) is 2.82. The summed E-state index contributed by atoms with van der Waals surface area (Å²) in [6.07, 6.45) is 9.81. The minimum atomic E-state index is 0.403. The predicted octanol–water partition coefficient (Wildman–Crippen LogP) is 2.50. The van der Waals surface area contributed by atoms with Gasteiger partial charge >= 0.3 is 0 Å². The highest BCUT2D eigenvalue weighted by atomic mass is 16.6. The van der Waals surface area contributed by atoms with Gasteiger partial charge in [0.15, 0.2) is 0 Å². The first-order valence-electron chi connectivity index (χ1n) is 4.55. The molecule has 0 aromatic carbocycles. The van der Waals surface area contributed by atoms with Gasteiger partial charge in [0.25, 0.3) is 0 Å². The van der Waals surface area contributed by atoms with Crippen LogP contribution in [0.5, 0.6) is 0 Å². The van der Waals surface area contributed by atoms with Crippen LogP contribution in [0.15, 0.2) is 0 Å². The van der Waals surface area contributed by atoms with Crippen LogP contribution in [0.3, 0.4) is 0 Å². The molecule has 1 spiro atoms. The molecule has 58 valence electrons. The Morgan fingerprint density at radius 2 is 1.30 bits per heavy atom. The number of epoxide rings is 1. The molecule has 1 aliphatic heterocycles. The van der Waals surface area contributed by atoms with Crippen molar-refractivity contribution >= 4 is 0 Å². The largest absolute Gasteiger partial charge is 0.370 e. The van der Waals surface area contributed by atoms with E-state index < -0.39 is 0 Å². The van der Waals surface area contributed by atoms with Gasteiger partial charge in [0.1, 0.15) is 0 Å². The van der Waals surface area contributed by atoms with Crippen LogP contribution in [0.2, 0.25) is 0 Å². The molecule has 0 bridgehead atoms. The van der Waals surface area contributed by atoms with Crippen LogP contribution in [0, 0.1) is 0 Å². The molecular weight excluding hydrogens is 124 g/mol. The third kappa shape index (κ3) is 1.34. The monoisotopic (exact) mass is 140 g/mol. The van der Waals surface area contributed by atoms with Crippen LogP contribution in [-0.4, -0.2) is 12.2 Å². The van der Waals surface area contributed by atoms with Gasteiger partial charge < -0.3 is 4.74 Å². The van der Waals surface area contributed by atoms with Crippen LogP contribution < -0.4 is 0 Å². The highest BCUT2D eigenvalue weighted by Crippen LogP contribution is 2.39. The molecule has 0 amide bonds. The molecule has 0 aromatic rings. The van der Waals surface area contributed by atoms with Gasteiger partial charge in [-0.1, -0.05) is 32.1 Å². The molecule has 0 radical (unpaired) electrons. The molecule has 1 heteroatoms. The van der Waals surface area contributed by atoms with Gasteiger partial charge in [-0.2, -0.15) is 0 Å². The second kappa shape index (κ2) is 2.54. The maximum atomic E-state index is 5.47. The van der Waals surface area contributed by atoms with Gasteiger partial charge in [-0.15, -0.1) is 0 Å². The SMILES string of the molecule is C1CCCC2(CCC1)CO2. The van der Waals surface area contributed by atoms with Crippen molar-refractivity contribution in [1.29, 1.82) is 0 Å². The van der Waals surface area contributed by atoms with Crippen LogP contribution >= 0.6 is 0 Å². The average molecular weight is 140 g/mol. The average Bonchev–Trinajstić information content (AvgIpc) is 2.61. The summed E-state index contributed by atoms with van der Waals surface area (Å²) >= 11 is 0. The van der Waals surface area contributed by atoms with Crippen molar-refractivity contribution in [3.05, 3.63) is 0 Å². The predicted molar refractivity (Wildman–Crippen MR) is 41.0 cm³/mol. The highest BCUT2D eigenvalue weighted by molar-refractivity contribution is 4.92. The van der Waals surface area contributed by atoms with E-state index in [0.717, 1.165) is 6.61 Å². The normalized spacial score (nSPS) is 31.2. The Morgan fingerprint density at radius 1 is 0.800 bits per heavy atom.